The summed E-state index contributed by atoms with van der Waals surface area (Å²) in [4.78, 5) is 0. The molecule has 16 heteroatoms. The molecule has 2 rings (SSSR count). The fourth-order valence-electron chi connectivity index (χ4n) is 2.07. The van der Waals surface area contributed by atoms with Crippen molar-refractivity contribution in [1.29, 1.82) is 0 Å². The van der Waals surface area contributed by atoms with Crippen LogP contribution in [0.5, 0.6) is 0 Å². The summed E-state index contributed by atoms with van der Waals surface area (Å²) in [7, 11) is -16.7. The molecule has 2 fully saturated rings. The van der Waals surface area contributed by atoms with Crippen molar-refractivity contribution in [3.8, 4) is 0 Å². The molecule has 0 aromatic heterocycles. The first-order valence-electron chi connectivity index (χ1n) is 7.24. The Balaban J connectivity index is 1.94. The van der Waals surface area contributed by atoms with E-state index < -0.39 is 87.9 Å². The van der Waals surface area contributed by atoms with Crippen molar-refractivity contribution >= 4 is 40.5 Å². The third kappa shape index (κ3) is 5.12. The van der Waals surface area contributed by atoms with Gasteiger partial charge in [-0.3, -0.25) is 16.7 Å². The van der Waals surface area contributed by atoms with Crippen LogP contribution in [-0.4, -0.2) is 81.1 Å². The largest absolute Gasteiger partial charge is 0.272 e. The summed E-state index contributed by atoms with van der Waals surface area (Å²) in [6.45, 7) is 1.40. The highest BCUT2D eigenvalue weighted by Crippen LogP contribution is 2.24. The van der Waals surface area contributed by atoms with E-state index in [9.17, 15) is 33.7 Å². The van der Waals surface area contributed by atoms with Crippen LogP contribution in [0, 0.1) is 0 Å². The third-order valence-corrected chi connectivity index (χ3v) is 9.98. The topological polar surface area (TPSA) is 173 Å². The van der Waals surface area contributed by atoms with E-state index in [1.54, 1.807) is 0 Å². The van der Waals surface area contributed by atoms with Gasteiger partial charge in [0.2, 0.25) is 0 Å². The average Bonchev–Trinajstić information content (AvgIpc) is 2.89. The molecule has 0 amide bonds. The summed E-state index contributed by atoms with van der Waals surface area (Å²) in [6, 6.07) is 0. The van der Waals surface area contributed by atoms with Crippen molar-refractivity contribution in [3.63, 3.8) is 0 Å². The SMILES string of the molecule is CC1C(OS(=O)(=O)CCS(=O)(=O)OC2COS(=O)(=O)C2C)COS1(=O)=O. The second-order valence-electron chi connectivity index (χ2n) is 5.76. The Bertz CT molecular complexity index is 865. The summed E-state index contributed by atoms with van der Waals surface area (Å²) in [5.41, 5.74) is 0. The fraction of sp³-hybridized carbons (Fsp3) is 1.00. The molecule has 0 saturated carbocycles. The molecule has 12 nitrogen and oxygen atoms in total. The molecule has 0 aliphatic carbocycles. The highest BCUT2D eigenvalue weighted by molar-refractivity contribution is 7.91. The lowest BCUT2D eigenvalue weighted by Gasteiger charge is -2.15. The first-order chi connectivity index (χ1) is 11.7. The van der Waals surface area contributed by atoms with E-state index in [-0.39, 0.29) is 0 Å². The molecule has 154 valence electrons. The molecule has 2 saturated heterocycles. The van der Waals surface area contributed by atoms with Crippen LogP contribution < -0.4 is 0 Å². The minimum Gasteiger partial charge on any atom is -0.267 e. The summed E-state index contributed by atoms with van der Waals surface area (Å²) in [5.74, 6) is -2.01. The standard InChI is InChI=1S/C10H18O12S4/c1-7-9(5-19-25(7,15)16)21-23(11,12)3-4-24(13,14)22-10-6-20-26(17,18)8(10)2/h7-10H,3-6H2,1-2H3. The first-order valence-corrected chi connectivity index (χ1v) is 13.3. The maximum absolute atomic E-state index is 11.9. The minimum absolute atomic E-state index is 0.499. The molecule has 2 aliphatic heterocycles. The Morgan fingerprint density at radius 3 is 1.31 bits per heavy atom. The molecule has 4 atom stereocenters. The third-order valence-electron chi connectivity index (χ3n) is 3.87. The second kappa shape index (κ2) is 7.23. The smallest absolute Gasteiger partial charge is 0.267 e. The van der Waals surface area contributed by atoms with Crippen LogP contribution in [0.3, 0.4) is 0 Å². The summed E-state index contributed by atoms with van der Waals surface area (Å²) in [6.07, 6.45) is -2.58. The van der Waals surface area contributed by atoms with Gasteiger partial charge in [-0.1, -0.05) is 0 Å². The molecule has 26 heavy (non-hydrogen) atoms. The van der Waals surface area contributed by atoms with Crippen LogP contribution in [0.1, 0.15) is 13.8 Å². The van der Waals surface area contributed by atoms with E-state index in [4.69, 9.17) is 8.37 Å². The van der Waals surface area contributed by atoms with E-state index in [0.29, 0.717) is 0 Å². The van der Waals surface area contributed by atoms with Gasteiger partial charge in [-0.2, -0.15) is 33.7 Å². The molecular weight excluding hydrogens is 440 g/mol. The molecule has 4 unspecified atom stereocenters. The summed E-state index contributed by atoms with van der Waals surface area (Å²) >= 11 is 0. The van der Waals surface area contributed by atoms with Crippen molar-refractivity contribution in [3.05, 3.63) is 0 Å². The number of rotatable bonds is 7. The van der Waals surface area contributed by atoms with Crippen molar-refractivity contribution in [1.82, 2.24) is 0 Å². The van der Waals surface area contributed by atoms with Gasteiger partial charge in [0.1, 0.15) is 22.7 Å². The lowest BCUT2D eigenvalue weighted by Crippen LogP contribution is -2.34. The Hall–Kier alpha value is -0.360. The predicted octanol–water partition coefficient (Wildman–Crippen LogP) is -2.09. The fourth-order valence-corrected chi connectivity index (χ4v) is 7.32. The molecular formula is C10H18O12S4. The number of hydrogen-bond acceptors (Lipinski definition) is 12. The zero-order chi connectivity index (χ0) is 20.0. The van der Waals surface area contributed by atoms with Crippen LogP contribution in [0.15, 0.2) is 0 Å². The van der Waals surface area contributed by atoms with Crippen LogP contribution >= 0.6 is 0 Å². The predicted molar refractivity (Wildman–Crippen MR) is 86.0 cm³/mol. The summed E-state index contributed by atoms with van der Waals surface area (Å²) in [5, 5.41) is -2.46. The molecule has 0 aromatic rings. The van der Waals surface area contributed by atoms with E-state index in [2.05, 4.69) is 8.37 Å². The van der Waals surface area contributed by atoms with Crippen molar-refractivity contribution < 1.29 is 50.4 Å². The van der Waals surface area contributed by atoms with Gasteiger partial charge in [0, 0.05) is 0 Å². The average molecular weight is 459 g/mol. The van der Waals surface area contributed by atoms with Gasteiger partial charge >= 0.3 is 0 Å². The zero-order valence-electron chi connectivity index (χ0n) is 13.7. The van der Waals surface area contributed by atoms with Crippen molar-refractivity contribution in [2.24, 2.45) is 0 Å². The highest BCUT2D eigenvalue weighted by Gasteiger charge is 2.43. The normalized spacial score (nSPS) is 34.1. The lowest BCUT2D eigenvalue weighted by atomic mass is 10.3. The zero-order valence-corrected chi connectivity index (χ0v) is 16.9. The first kappa shape index (κ1) is 21.9. The molecule has 0 bridgehead atoms. The molecule has 2 aliphatic rings. The van der Waals surface area contributed by atoms with Gasteiger partial charge in [0.15, 0.2) is 0 Å². The number of hydrogen-bond donors (Lipinski definition) is 0. The molecule has 2 heterocycles. The van der Waals surface area contributed by atoms with Gasteiger partial charge in [-0.05, 0) is 13.8 Å². The second-order valence-corrected chi connectivity index (χ2v) is 13.1. The van der Waals surface area contributed by atoms with Gasteiger partial charge in [0.05, 0.1) is 24.7 Å². The summed E-state index contributed by atoms with van der Waals surface area (Å²) < 4.78 is 111. The van der Waals surface area contributed by atoms with E-state index >= 15 is 0 Å². The van der Waals surface area contributed by atoms with Crippen LogP contribution in [0.25, 0.3) is 0 Å². The Kier molecular flexibility index (Phi) is 6.10. The van der Waals surface area contributed by atoms with Gasteiger partial charge in [-0.25, -0.2) is 0 Å². The maximum atomic E-state index is 11.9. The van der Waals surface area contributed by atoms with Crippen molar-refractivity contribution in [2.75, 3.05) is 24.7 Å². The van der Waals surface area contributed by atoms with E-state index in [0.717, 1.165) is 0 Å². The van der Waals surface area contributed by atoms with Crippen LogP contribution in [-0.2, 0) is 57.2 Å². The Morgan fingerprint density at radius 1 is 0.769 bits per heavy atom. The Labute approximate surface area is 152 Å². The highest BCUT2D eigenvalue weighted by atomic mass is 32.2. The molecule has 0 spiro atoms. The van der Waals surface area contributed by atoms with Crippen molar-refractivity contribution in [2.45, 2.75) is 36.6 Å². The molecule has 0 N–H and O–H groups in total. The Morgan fingerprint density at radius 2 is 1.08 bits per heavy atom. The van der Waals surface area contributed by atoms with Gasteiger partial charge in [-0.15, -0.1) is 0 Å². The maximum Gasteiger partial charge on any atom is 0.272 e. The van der Waals surface area contributed by atoms with Gasteiger partial charge in [0.25, 0.3) is 40.5 Å². The molecule has 0 aromatic carbocycles. The van der Waals surface area contributed by atoms with E-state index in [1.807, 2.05) is 0 Å². The minimum atomic E-state index is -4.40. The lowest BCUT2D eigenvalue weighted by molar-refractivity contribution is 0.169. The van der Waals surface area contributed by atoms with Gasteiger partial charge < -0.3 is 0 Å². The van der Waals surface area contributed by atoms with Crippen LogP contribution in [0.4, 0.5) is 0 Å². The van der Waals surface area contributed by atoms with E-state index in [1.165, 1.54) is 13.8 Å². The quantitative estimate of drug-likeness (QED) is 0.381. The van der Waals surface area contributed by atoms with Crippen LogP contribution in [0.2, 0.25) is 0 Å². The molecule has 0 radical (unpaired) electrons. The monoisotopic (exact) mass is 458 g/mol.